The molecule has 2 amide bonds. The fourth-order valence-corrected chi connectivity index (χ4v) is 6.21. The number of nitrogens with zero attached hydrogens (tertiary/aromatic N) is 2. The van der Waals surface area contributed by atoms with Crippen LogP contribution in [0.4, 0.5) is 18.9 Å². The first-order chi connectivity index (χ1) is 18.6. The van der Waals surface area contributed by atoms with Crippen molar-refractivity contribution in [1.29, 1.82) is 0 Å². The summed E-state index contributed by atoms with van der Waals surface area (Å²) in [5, 5.41) is 9.14. The van der Waals surface area contributed by atoms with Crippen LogP contribution in [0, 0.1) is 5.92 Å². The molecule has 3 unspecified atom stereocenters. The second-order valence-electron chi connectivity index (χ2n) is 10.5. The molecule has 2 fully saturated rings. The van der Waals surface area contributed by atoms with Crippen LogP contribution in [0.25, 0.3) is 0 Å². The van der Waals surface area contributed by atoms with Gasteiger partial charge in [-0.1, -0.05) is 36.8 Å². The van der Waals surface area contributed by atoms with Gasteiger partial charge in [-0.2, -0.15) is 0 Å². The van der Waals surface area contributed by atoms with Gasteiger partial charge in [0.15, 0.2) is 0 Å². The Balaban J connectivity index is 1.37. The molecule has 2 aromatic carbocycles. The molecule has 0 aromatic heterocycles. The van der Waals surface area contributed by atoms with Gasteiger partial charge in [-0.05, 0) is 61.4 Å². The number of hydrogen-bond donors (Lipinski definition) is 1. The van der Waals surface area contributed by atoms with Gasteiger partial charge < -0.3 is 19.6 Å². The van der Waals surface area contributed by atoms with Gasteiger partial charge in [0.2, 0.25) is 11.8 Å². The summed E-state index contributed by atoms with van der Waals surface area (Å²) in [6, 6.07) is 13.0. The van der Waals surface area contributed by atoms with Crippen molar-refractivity contribution in [1.82, 2.24) is 4.90 Å². The first-order valence-electron chi connectivity index (χ1n) is 13.4. The summed E-state index contributed by atoms with van der Waals surface area (Å²) in [6.07, 6.45) is -0.0740. The summed E-state index contributed by atoms with van der Waals surface area (Å²) in [5.74, 6) is -1.47. The molecular weight excluding hydrogens is 513 g/mol. The van der Waals surface area contributed by atoms with E-state index in [0.29, 0.717) is 6.42 Å². The van der Waals surface area contributed by atoms with Crippen LogP contribution in [0.3, 0.4) is 0 Å². The van der Waals surface area contributed by atoms with Crippen LogP contribution in [-0.2, 0) is 20.8 Å². The SMILES string of the molecule is O=C(O)CCC(=O)N(C1CC1)C1c2ccccc2N(C(=O)CCc2ccc(OC(F)(F)F)cc2)C2CCCC21. The lowest BCUT2D eigenvalue weighted by Gasteiger charge is -2.48. The number of carboxylic acid groups (broad SMARTS) is 1. The number of halogens is 3. The smallest absolute Gasteiger partial charge is 0.481 e. The van der Waals surface area contributed by atoms with E-state index in [-0.39, 0.29) is 60.9 Å². The van der Waals surface area contributed by atoms with Gasteiger partial charge in [0, 0.05) is 36.5 Å². The number of carbonyl (C=O) groups excluding carboxylic acids is 2. The minimum absolute atomic E-state index is 0.0443. The minimum Gasteiger partial charge on any atom is -0.481 e. The van der Waals surface area contributed by atoms with Crippen molar-refractivity contribution in [2.45, 2.75) is 82.3 Å². The van der Waals surface area contributed by atoms with Gasteiger partial charge in [-0.25, -0.2) is 0 Å². The number of aliphatic carboxylic acids is 1. The van der Waals surface area contributed by atoms with Gasteiger partial charge in [0.25, 0.3) is 0 Å². The molecule has 5 rings (SSSR count). The van der Waals surface area contributed by atoms with Crippen LogP contribution >= 0.6 is 0 Å². The van der Waals surface area contributed by atoms with Crippen LogP contribution in [0.1, 0.15) is 68.5 Å². The monoisotopic (exact) mass is 544 g/mol. The fourth-order valence-electron chi connectivity index (χ4n) is 6.21. The number of carboxylic acids is 1. The molecule has 1 aliphatic heterocycles. The van der Waals surface area contributed by atoms with Crippen molar-refractivity contribution in [2.75, 3.05) is 4.90 Å². The summed E-state index contributed by atoms with van der Waals surface area (Å²) in [6.45, 7) is 0. The summed E-state index contributed by atoms with van der Waals surface area (Å²) in [5.41, 5.74) is 2.42. The highest BCUT2D eigenvalue weighted by molar-refractivity contribution is 5.96. The van der Waals surface area contributed by atoms with Crippen molar-refractivity contribution >= 4 is 23.5 Å². The zero-order chi connectivity index (χ0) is 27.7. The second-order valence-corrected chi connectivity index (χ2v) is 10.5. The average Bonchev–Trinajstić information content (AvgIpc) is 3.61. The lowest BCUT2D eigenvalue weighted by atomic mass is 9.81. The molecule has 7 nitrogen and oxygen atoms in total. The summed E-state index contributed by atoms with van der Waals surface area (Å²) >= 11 is 0. The molecule has 2 aromatic rings. The first kappa shape index (κ1) is 27.0. The third-order valence-corrected chi connectivity index (χ3v) is 7.92. The Morgan fingerprint density at radius 3 is 2.33 bits per heavy atom. The van der Waals surface area contributed by atoms with Crippen LogP contribution in [0.15, 0.2) is 48.5 Å². The molecule has 0 radical (unpaired) electrons. The topological polar surface area (TPSA) is 87.2 Å². The quantitative estimate of drug-likeness (QED) is 0.442. The number of anilines is 1. The number of aryl methyl sites for hydroxylation is 1. The molecule has 0 spiro atoms. The molecule has 208 valence electrons. The highest BCUT2D eigenvalue weighted by atomic mass is 19.4. The highest BCUT2D eigenvalue weighted by Crippen LogP contribution is 2.52. The van der Waals surface area contributed by atoms with E-state index >= 15 is 0 Å². The number of fused-ring (bicyclic) bond motifs is 2. The Kier molecular flexibility index (Phi) is 7.55. The maximum Gasteiger partial charge on any atom is 0.573 e. The first-order valence-corrected chi connectivity index (χ1v) is 13.4. The summed E-state index contributed by atoms with van der Waals surface area (Å²) in [4.78, 5) is 41.9. The van der Waals surface area contributed by atoms with E-state index in [4.69, 9.17) is 5.11 Å². The number of hydrogen-bond acceptors (Lipinski definition) is 4. The number of alkyl halides is 3. The fraction of sp³-hybridized carbons (Fsp3) is 0.483. The summed E-state index contributed by atoms with van der Waals surface area (Å²) in [7, 11) is 0. The third-order valence-electron chi connectivity index (χ3n) is 7.92. The summed E-state index contributed by atoms with van der Waals surface area (Å²) < 4.78 is 41.3. The van der Waals surface area contributed by atoms with Gasteiger partial charge in [0.1, 0.15) is 5.75 Å². The predicted octanol–water partition coefficient (Wildman–Crippen LogP) is 5.63. The van der Waals surface area contributed by atoms with E-state index in [2.05, 4.69) is 4.74 Å². The molecule has 2 aliphatic carbocycles. The minimum atomic E-state index is -4.76. The Morgan fingerprint density at radius 1 is 0.949 bits per heavy atom. The van der Waals surface area contributed by atoms with E-state index in [1.54, 1.807) is 0 Å². The third kappa shape index (κ3) is 6.04. The molecule has 10 heteroatoms. The molecule has 2 saturated carbocycles. The number of benzene rings is 2. The van der Waals surface area contributed by atoms with Crippen molar-refractivity contribution in [3.8, 4) is 5.75 Å². The van der Waals surface area contributed by atoms with Gasteiger partial charge in [-0.3, -0.25) is 14.4 Å². The van der Waals surface area contributed by atoms with Crippen LogP contribution < -0.4 is 9.64 Å². The van der Waals surface area contributed by atoms with E-state index in [0.717, 1.165) is 48.9 Å². The number of para-hydroxylation sites is 1. The molecule has 39 heavy (non-hydrogen) atoms. The lowest BCUT2D eigenvalue weighted by Crippen LogP contribution is -2.53. The van der Waals surface area contributed by atoms with E-state index in [1.807, 2.05) is 34.1 Å². The van der Waals surface area contributed by atoms with E-state index in [1.165, 1.54) is 24.3 Å². The number of rotatable bonds is 9. The van der Waals surface area contributed by atoms with Crippen LogP contribution in [0.5, 0.6) is 5.75 Å². The number of amides is 2. The average molecular weight is 545 g/mol. The standard InChI is InChI=1S/C29H31F3N2O5/c30-29(31,32)39-20-13-8-18(9-14-20)10-15-26(36)34-23-6-2-1-4-21(23)28(22-5-3-7-24(22)34)33(19-11-12-19)25(35)16-17-27(37)38/h1-2,4,6,8-9,13-14,19,22,24,28H,3,5,7,10-12,15-17H2,(H,37,38). The maximum absolute atomic E-state index is 13.7. The van der Waals surface area contributed by atoms with E-state index < -0.39 is 12.3 Å². The Morgan fingerprint density at radius 2 is 1.67 bits per heavy atom. The van der Waals surface area contributed by atoms with Crippen molar-refractivity contribution in [3.63, 3.8) is 0 Å². The molecule has 3 aliphatic rings. The number of ether oxygens (including phenoxy) is 1. The second kappa shape index (κ2) is 10.9. The van der Waals surface area contributed by atoms with Crippen molar-refractivity contribution < 1.29 is 37.4 Å². The lowest BCUT2D eigenvalue weighted by molar-refractivity contribution is -0.274. The zero-order valence-corrected chi connectivity index (χ0v) is 21.4. The van der Waals surface area contributed by atoms with Crippen LogP contribution in [-0.4, -0.2) is 46.2 Å². The predicted molar refractivity (Wildman–Crippen MR) is 136 cm³/mol. The molecule has 1 heterocycles. The van der Waals surface area contributed by atoms with Gasteiger partial charge >= 0.3 is 12.3 Å². The normalized spacial score (nSPS) is 22.1. The van der Waals surface area contributed by atoms with Gasteiger partial charge in [0.05, 0.1) is 12.5 Å². The van der Waals surface area contributed by atoms with Gasteiger partial charge in [-0.15, -0.1) is 13.2 Å². The molecule has 3 atom stereocenters. The maximum atomic E-state index is 13.7. The highest BCUT2D eigenvalue weighted by Gasteiger charge is 2.51. The van der Waals surface area contributed by atoms with Crippen molar-refractivity contribution in [3.05, 3.63) is 59.7 Å². The Labute approximate surface area is 224 Å². The van der Waals surface area contributed by atoms with Crippen molar-refractivity contribution in [2.24, 2.45) is 5.92 Å². The molecule has 0 saturated heterocycles. The largest absolute Gasteiger partial charge is 0.573 e. The van der Waals surface area contributed by atoms with E-state index in [9.17, 15) is 27.6 Å². The molecular formula is C29H31F3N2O5. The Hall–Kier alpha value is -3.56. The molecule has 1 N–H and O–H groups in total. The Bertz CT molecular complexity index is 1230. The van der Waals surface area contributed by atoms with Crippen LogP contribution in [0.2, 0.25) is 0 Å². The zero-order valence-electron chi connectivity index (χ0n) is 21.4. The number of carbonyl (C=O) groups is 3. The molecule has 0 bridgehead atoms.